The molecule has 0 aliphatic heterocycles. The van der Waals surface area contributed by atoms with Crippen LogP contribution in [0.15, 0.2) is 52.1 Å². The first kappa shape index (κ1) is 16.1. The van der Waals surface area contributed by atoms with Crippen molar-refractivity contribution >= 4 is 26.0 Å². The summed E-state index contributed by atoms with van der Waals surface area (Å²) in [6.07, 6.45) is 3.21. The lowest BCUT2D eigenvalue weighted by molar-refractivity contribution is 0.423. The molecule has 0 amide bonds. The first-order valence-corrected chi connectivity index (χ1v) is 8.52. The van der Waals surface area contributed by atoms with Crippen molar-refractivity contribution in [2.45, 2.75) is 18.4 Å². The quantitative estimate of drug-likeness (QED) is 0.809. The predicted molar refractivity (Wildman–Crippen MR) is 81.6 cm³/mol. The average Bonchev–Trinajstić information content (AvgIpc) is 2.48. The Kier molecular flexibility index (Phi) is 5.08. The third-order valence-electron chi connectivity index (χ3n) is 2.99. The molecule has 0 spiro atoms. The van der Waals surface area contributed by atoms with Gasteiger partial charge in [0.15, 0.2) is 0 Å². The van der Waals surface area contributed by atoms with Gasteiger partial charge in [-0.25, -0.2) is 12.8 Å². The van der Waals surface area contributed by atoms with Gasteiger partial charge in [-0.1, -0.05) is 6.92 Å². The summed E-state index contributed by atoms with van der Waals surface area (Å²) in [5.41, 5.74) is 0.827. The number of pyridine rings is 1. The third kappa shape index (κ3) is 3.66. The summed E-state index contributed by atoms with van der Waals surface area (Å²) in [6.45, 7) is 2.26. The Balaban J connectivity index is 2.33. The second-order valence-corrected chi connectivity index (χ2v) is 7.15. The lowest BCUT2D eigenvalue weighted by Gasteiger charge is -2.20. The molecule has 1 heterocycles. The van der Waals surface area contributed by atoms with Crippen molar-refractivity contribution in [2.24, 2.45) is 0 Å². The van der Waals surface area contributed by atoms with Gasteiger partial charge in [0.25, 0.3) is 0 Å². The maximum absolute atomic E-state index is 13.6. The molecule has 21 heavy (non-hydrogen) atoms. The van der Waals surface area contributed by atoms with E-state index in [-0.39, 0.29) is 15.9 Å². The second kappa shape index (κ2) is 6.64. The van der Waals surface area contributed by atoms with Crippen molar-refractivity contribution in [3.05, 3.63) is 58.6 Å². The highest BCUT2D eigenvalue weighted by molar-refractivity contribution is 9.10. The molecule has 0 saturated carbocycles. The van der Waals surface area contributed by atoms with Crippen molar-refractivity contribution in [3.63, 3.8) is 0 Å². The summed E-state index contributed by atoms with van der Waals surface area (Å²) < 4.78 is 40.2. The molecular weight excluding hydrogens is 359 g/mol. The molecule has 2 rings (SSSR count). The zero-order valence-corrected chi connectivity index (χ0v) is 13.7. The van der Waals surface area contributed by atoms with E-state index in [1.54, 1.807) is 31.5 Å². The fraction of sp³-hybridized carbons (Fsp3) is 0.214. The van der Waals surface area contributed by atoms with Crippen LogP contribution in [0.1, 0.15) is 12.5 Å². The third-order valence-corrected chi connectivity index (χ3v) is 5.55. The van der Waals surface area contributed by atoms with Crippen molar-refractivity contribution in [1.29, 1.82) is 0 Å². The van der Waals surface area contributed by atoms with Crippen LogP contribution in [0.25, 0.3) is 0 Å². The monoisotopic (exact) mass is 372 g/mol. The molecule has 0 unspecified atom stereocenters. The van der Waals surface area contributed by atoms with Crippen LogP contribution in [0.2, 0.25) is 0 Å². The van der Waals surface area contributed by atoms with Crippen molar-refractivity contribution in [2.75, 3.05) is 6.54 Å². The molecule has 112 valence electrons. The summed E-state index contributed by atoms with van der Waals surface area (Å²) in [7, 11) is -3.74. The van der Waals surface area contributed by atoms with Gasteiger partial charge < -0.3 is 0 Å². The fourth-order valence-corrected chi connectivity index (χ4v) is 3.54. The molecule has 1 aromatic heterocycles. The summed E-state index contributed by atoms with van der Waals surface area (Å²) in [5.74, 6) is -0.601. The maximum Gasteiger partial charge on any atom is 0.243 e. The van der Waals surface area contributed by atoms with Gasteiger partial charge in [-0.2, -0.15) is 4.31 Å². The molecule has 0 N–H and O–H groups in total. The smallest absolute Gasteiger partial charge is 0.243 e. The van der Waals surface area contributed by atoms with Gasteiger partial charge in [0.2, 0.25) is 10.0 Å². The second-order valence-electron chi connectivity index (χ2n) is 4.36. The minimum atomic E-state index is -3.74. The van der Waals surface area contributed by atoms with Gasteiger partial charge in [0, 0.05) is 25.5 Å². The van der Waals surface area contributed by atoms with Crippen LogP contribution >= 0.6 is 15.9 Å². The fourth-order valence-electron chi connectivity index (χ4n) is 1.84. The average molecular weight is 373 g/mol. The number of aromatic nitrogens is 1. The standard InChI is InChI=1S/C14H14BrFN2O2S/c1-2-18(10-11-5-7-17-8-6-11)21(19,20)12-3-4-13(15)14(16)9-12/h3-9H,2,10H2,1H3. The van der Waals surface area contributed by atoms with E-state index < -0.39 is 15.8 Å². The molecule has 1 aromatic carbocycles. The van der Waals surface area contributed by atoms with Crippen LogP contribution in [0.4, 0.5) is 4.39 Å². The first-order chi connectivity index (χ1) is 9.95. The predicted octanol–water partition coefficient (Wildman–Crippen LogP) is 3.19. The minimum Gasteiger partial charge on any atom is -0.265 e. The summed E-state index contributed by atoms with van der Waals surface area (Å²) in [4.78, 5) is 3.84. The molecule has 7 heteroatoms. The highest BCUT2D eigenvalue weighted by Gasteiger charge is 2.24. The van der Waals surface area contributed by atoms with Gasteiger partial charge in [-0.05, 0) is 51.8 Å². The molecule has 0 bridgehead atoms. The SMILES string of the molecule is CCN(Cc1ccncc1)S(=O)(=O)c1ccc(Br)c(F)c1. The Hall–Kier alpha value is -1.31. The number of nitrogens with zero attached hydrogens (tertiary/aromatic N) is 2. The van der Waals surface area contributed by atoms with Gasteiger partial charge in [-0.15, -0.1) is 0 Å². The molecule has 0 saturated heterocycles. The highest BCUT2D eigenvalue weighted by atomic mass is 79.9. The molecule has 0 fully saturated rings. The molecule has 0 aliphatic rings. The minimum absolute atomic E-state index is 0.0564. The topological polar surface area (TPSA) is 50.3 Å². The Morgan fingerprint density at radius 1 is 1.24 bits per heavy atom. The Bertz CT molecular complexity index is 723. The lowest BCUT2D eigenvalue weighted by Crippen LogP contribution is -2.30. The van der Waals surface area contributed by atoms with Crippen LogP contribution in [0.5, 0.6) is 0 Å². The Morgan fingerprint density at radius 2 is 1.90 bits per heavy atom. The van der Waals surface area contributed by atoms with Crippen molar-refractivity contribution in [3.8, 4) is 0 Å². The maximum atomic E-state index is 13.6. The van der Waals surface area contributed by atoms with E-state index >= 15 is 0 Å². The van der Waals surface area contributed by atoms with Crippen molar-refractivity contribution < 1.29 is 12.8 Å². The highest BCUT2D eigenvalue weighted by Crippen LogP contribution is 2.23. The molecule has 0 aliphatic carbocycles. The van der Waals surface area contributed by atoms with Gasteiger partial charge in [-0.3, -0.25) is 4.98 Å². The normalized spacial score (nSPS) is 11.8. The number of hydrogen-bond donors (Lipinski definition) is 0. The van der Waals surface area contributed by atoms with Crippen LogP contribution < -0.4 is 0 Å². The van der Waals surface area contributed by atoms with Crippen LogP contribution in [-0.4, -0.2) is 24.3 Å². The zero-order chi connectivity index (χ0) is 15.5. The molecule has 4 nitrogen and oxygen atoms in total. The zero-order valence-electron chi connectivity index (χ0n) is 11.3. The van der Waals surface area contributed by atoms with Gasteiger partial charge >= 0.3 is 0 Å². The lowest BCUT2D eigenvalue weighted by atomic mass is 10.3. The molecule has 0 atom stereocenters. The van der Waals surface area contributed by atoms with Gasteiger partial charge in [0.05, 0.1) is 9.37 Å². The number of rotatable bonds is 5. The van der Waals surface area contributed by atoms with E-state index in [4.69, 9.17) is 0 Å². The van der Waals surface area contributed by atoms with Gasteiger partial charge in [0.1, 0.15) is 5.82 Å². The van der Waals surface area contributed by atoms with E-state index in [1.165, 1.54) is 16.4 Å². The number of halogens is 2. The number of benzene rings is 1. The van der Waals surface area contributed by atoms with Crippen molar-refractivity contribution in [1.82, 2.24) is 9.29 Å². The largest absolute Gasteiger partial charge is 0.265 e. The van der Waals surface area contributed by atoms with E-state index in [2.05, 4.69) is 20.9 Å². The Labute approximate surface area is 131 Å². The summed E-state index contributed by atoms with van der Waals surface area (Å²) in [5, 5.41) is 0. The molecular formula is C14H14BrFN2O2S. The molecule has 2 aromatic rings. The first-order valence-electron chi connectivity index (χ1n) is 6.29. The summed E-state index contributed by atoms with van der Waals surface area (Å²) in [6, 6.07) is 7.30. The van der Waals surface area contributed by atoms with Crippen LogP contribution in [0.3, 0.4) is 0 Å². The van der Waals surface area contributed by atoms with E-state index in [1.807, 2.05) is 0 Å². The molecule has 0 radical (unpaired) electrons. The van der Waals surface area contributed by atoms with E-state index in [0.717, 1.165) is 11.6 Å². The number of sulfonamides is 1. The van der Waals surface area contributed by atoms with Crippen LogP contribution in [0, 0.1) is 5.82 Å². The summed E-state index contributed by atoms with van der Waals surface area (Å²) >= 11 is 3.01. The van der Waals surface area contributed by atoms with E-state index in [0.29, 0.717) is 6.54 Å². The van der Waals surface area contributed by atoms with Crippen LogP contribution in [-0.2, 0) is 16.6 Å². The van der Waals surface area contributed by atoms with E-state index in [9.17, 15) is 12.8 Å². The number of hydrogen-bond acceptors (Lipinski definition) is 3. The Morgan fingerprint density at radius 3 is 2.48 bits per heavy atom.